The number of nitrogens with zero attached hydrogens (tertiary/aromatic N) is 2. The number of carbonyl (C=O) groups is 1. The molecule has 4 heteroatoms. The van der Waals surface area contributed by atoms with Gasteiger partial charge in [0.25, 0.3) is 0 Å². The van der Waals surface area contributed by atoms with Gasteiger partial charge in [-0.05, 0) is 24.5 Å². The minimum atomic E-state index is 0.248. The van der Waals surface area contributed by atoms with Crippen LogP contribution < -0.4 is 5.73 Å². The lowest BCUT2D eigenvalue weighted by molar-refractivity contribution is -0.133. The average Bonchev–Trinajstić information content (AvgIpc) is 2.33. The first-order valence-electron chi connectivity index (χ1n) is 5.72. The number of likely N-dealkylation sites (tertiary alicyclic amines) is 1. The van der Waals surface area contributed by atoms with Crippen molar-refractivity contribution in [1.29, 1.82) is 0 Å². The molecule has 2 N–H and O–H groups in total. The van der Waals surface area contributed by atoms with Crippen LogP contribution in [0, 0.1) is 0 Å². The molecule has 1 aliphatic heterocycles. The van der Waals surface area contributed by atoms with Gasteiger partial charge in [0.15, 0.2) is 0 Å². The molecule has 1 aliphatic rings. The molecule has 16 heavy (non-hydrogen) atoms. The molecule has 2 rings (SSSR count). The Kier molecular flexibility index (Phi) is 3.51. The highest BCUT2D eigenvalue weighted by Gasteiger charge is 2.18. The normalized spacial score (nSPS) is 16.6. The summed E-state index contributed by atoms with van der Waals surface area (Å²) in [6.07, 6.45) is 4.54. The van der Waals surface area contributed by atoms with Crippen LogP contribution >= 0.6 is 0 Å². The lowest BCUT2D eigenvalue weighted by Crippen LogP contribution is -2.35. The van der Waals surface area contributed by atoms with Crippen molar-refractivity contribution < 1.29 is 4.79 Å². The summed E-state index contributed by atoms with van der Waals surface area (Å²) in [5.41, 5.74) is 7.58. The van der Waals surface area contributed by atoms with E-state index in [1.54, 1.807) is 6.20 Å². The van der Waals surface area contributed by atoms with Crippen molar-refractivity contribution in [2.75, 3.05) is 6.54 Å². The zero-order valence-electron chi connectivity index (χ0n) is 9.35. The van der Waals surface area contributed by atoms with Gasteiger partial charge in [0, 0.05) is 32.3 Å². The van der Waals surface area contributed by atoms with Gasteiger partial charge in [-0.25, -0.2) is 0 Å². The maximum absolute atomic E-state index is 11.7. The molecule has 0 aromatic carbocycles. The van der Waals surface area contributed by atoms with Crippen LogP contribution in [0.25, 0.3) is 0 Å². The van der Waals surface area contributed by atoms with E-state index < -0.39 is 0 Å². The molecule has 4 nitrogen and oxygen atoms in total. The van der Waals surface area contributed by atoms with Gasteiger partial charge in [0.05, 0.1) is 5.69 Å². The van der Waals surface area contributed by atoms with E-state index in [1.807, 2.05) is 17.0 Å². The van der Waals surface area contributed by atoms with Crippen molar-refractivity contribution in [2.45, 2.75) is 32.4 Å². The zero-order valence-corrected chi connectivity index (χ0v) is 9.35. The van der Waals surface area contributed by atoms with Gasteiger partial charge >= 0.3 is 0 Å². The van der Waals surface area contributed by atoms with E-state index in [0.29, 0.717) is 19.5 Å². The second kappa shape index (κ2) is 5.07. The molecule has 86 valence electrons. The maximum Gasteiger partial charge on any atom is 0.222 e. The molecule has 0 saturated carbocycles. The Balaban J connectivity index is 2.10. The summed E-state index contributed by atoms with van der Waals surface area (Å²) < 4.78 is 0. The number of nitrogens with two attached hydrogens (primary N) is 1. The van der Waals surface area contributed by atoms with E-state index in [2.05, 4.69) is 4.98 Å². The fraction of sp³-hybridized carbons (Fsp3) is 0.500. The maximum atomic E-state index is 11.7. The van der Waals surface area contributed by atoms with Crippen molar-refractivity contribution in [1.82, 2.24) is 9.88 Å². The summed E-state index contributed by atoms with van der Waals surface area (Å²) >= 11 is 0. The van der Waals surface area contributed by atoms with E-state index in [1.165, 1.54) is 0 Å². The van der Waals surface area contributed by atoms with Gasteiger partial charge in [-0.15, -0.1) is 0 Å². The Morgan fingerprint density at radius 3 is 3.06 bits per heavy atom. The molecular weight excluding hydrogens is 202 g/mol. The lowest BCUT2D eigenvalue weighted by Gasteiger charge is -2.27. The quantitative estimate of drug-likeness (QED) is 0.826. The third-order valence-corrected chi connectivity index (χ3v) is 2.96. The molecule has 1 aromatic rings. The third kappa shape index (κ3) is 2.39. The first-order chi connectivity index (χ1) is 7.81. The summed E-state index contributed by atoms with van der Waals surface area (Å²) in [7, 11) is 0. The smallest absolute Gasteiger partial charge is 0.222 e. The third-order valence-electron chi connectivity index (χ3n) is 2.96. The monoisotopic (exact) mass is 219 g/mol. The molecule has 1 fully saturated rings. The average molecular weight is 219 g/mol. The van der Waals surface area contributed by atoms with Crippen molar-refractivity contribution in [3.63, 3.8) is 0 Å². The number of aromatic nitrogens is 1. The molecule has 0 atom stereocenters. The summed E-state index contributed by atoms with van der Waals surface area (Å²) in [5.74, 6) is 0.248. The van der Waals surface area contributed by atoms with Gasteiger partial charge in [-0.3, -0.25) is 9.78 Å². The zero-order chi connectivity index (χ0) is 11.4. The molecule has 0 bridgehead atoms. The van der Waals surface area contributed by atoms with Crippen molar-refractivity contribution in [3.05, 3.63) is 29.6 Å². The topological polar surface area (TPSA) is 59.2 Å². The number of hydrogen-bond donors (Lipinski definition) is 1. The van der Waals surface area contributed by atoms with Crippen LogP contribution in [0.5, 0.6) is 0 Å². The number of rotatable bonds is 3. The molecule has 1 amide bonds. The molecule has 1 saturated heterocycles. The van der Waals surface area contributed by atoms with E-state index in [-0.39, 0.29) is 5.91 Å². The number of carbonyl (C=O) groups excluding carboxylic acids is 1. The van der Waals surface area contributed by atoms with Crippen LogP contribution in [0.4, 0.5) is 0 Å². The van der Waals surface area contributed by atoms with Crippen LogP contribution in [-0.4, -0.2) is 22.3 Å². The van der Waals surface area contributed by atoms with Crippen LogP contribution in [-0.2, 0) is 17.9 Å². The highest BCUT2D eigenvalue weighted by atomic mass is 16.2. The molecule has 0 aliphatic carbocycles. The number of hydrogen-bond acceptors (Lipinski definition) is 3. The Hall–Kier alpha value is -1.42. The Labute approximate surface area is 95.5 Å². The summed E-state index contributed by atoms with van der Waals surface area (Å²) in [6, 6.07) is 3.89. The van der Waals surface area contributed by atoms with Crippen LogP contribution in [0.3, 0.4) is 0 Å². The van der Waals surface area contributed by atoms with Crippen molar-refractivity contribution in [2.24, 2.45) is 5.73 Å². The number of amides is 1. The number of piperidine rings is 1. The first-order valence-corrected chi connectivity index (χ1v) is 5.72. The van der Waals surface area contributed by atoms with Gasteiger partial charge in [-0.2, -0.15) is 0 Å². The fourth-order valence-electron chi connectivity index (χ4n) is 2.03. The van der Waals surface area contributed by atoms with Gasteiger partial charge < -0.3 is 10.6 Å². The van der Waals surface area contributed by atoms with Crippen LogP contribution in [0.2, 0.25) is 0 Å². The molecule has 1 aromatic heterocycles. The minimum Gasteiger partial charge on any atom is -0.338 e. The summed E-state index contributed by atoms with van der Waals surface area (Å²) in [4.78, 5) is 17.8. The van der Waals surface area contributed by atoms with Gasteiger partial charge in [0.2, 0.25) is 5.91 Å². The Bertz CT molecular complexity index is 378. The molecule has 2 heterocycles. The predicted octanol–water partition coefficient (Wildman–Crippen LogP) is 1.05. The van der Waals surface area contributed by atoms with E-state index in [9.17, 15) is 4.79 Å². The molecule has 0 spiro atoms. The first kappa shape index (κ1) is 11.1. The fourth-order valence-corrected chi connectivity index (χ4v) is 2.03. The highest BCUT2D eigenvalue weighted by Crippen LogP contribution is 2.15. The van der Waals surface area contributed by atoms with Crippen LogP contribution in [0.1, 0.15) is 30.5 Å². The predicted molar refractivity (Wildman–Crippen MR) is 61.4 cm³/mol. The SMILES string of the molecule is NCc1ncccc1CN1CCCCC1=O. The molecule has 0 unspecified atom stereocenters. The largest absolute Gasteiger partial charge is 0.338 e. The molecular formula is C12H17N3O. The van der Waals surface area contributed by atoms with Gasteiger partial charge in [0.1, 0.15) is 0 Å². The molecule has 0 radical (unpaired) electrons. The Morgan fingerprint density at radius 2 is 2.31 bits per heavy atom. The second-order valence-electron chi connectivity index (χ2n) is 4.09. The van der Waals surface area contributed by atoms with E-state index >= 15 is 0 Å². The number of pyridine rings is 1. The summed E-state index contributed by atoms with van der Waals surface area (Å²) in [5, 5.41) is 0. The minimum absolute atomic E-state index is 0.248. The van der Waals surface area contributed by atoms with Crippen molar-refractivity contribution in [3.8, 4) is 0 Å². The Morgan fingerprint density at radius 1 is 1.44 bits per heavy atom. The highest BCUT2D eigenvalue weighted by molar-refractivity contribution is 5.76. The lowest BCUT2D eigenvalue weighted by atomic mass is 10.1. The summed E-state index contributed by atoms with van der Waals surface area (Å²) in [6.45, 7) is 1.94. The van der Waals surface area contributed by atoms with Crippen LogP contribution in [0.15, 0.2) is 18.3 Å². The van der Waals surface area contributed by atoms with Gasteiger partial charge in [-0.1, -0.05) is 6.07 Å². The second-order valence-corrected chi connectivity index (χ2v) is 4.09. The van der Waals surface area contributed by atoms with Crippen molar-refractivity contribution >= 4 is 5.91 Å². The van der Waals surface area contributed by atoms with E-state index in [0.717, 1.165) is 30.6 Å². The standard InChI is InChI=1S/C12H17N3O/c13-8-11-10(4-3-6-14-11)9-15-7-2-1-5-12(15)16/h3-4,6H,1-2,5,7-9,13H2. The van der Waals surface area contributed by atoms with E-state index in [4.69, 9.17) is 5.73 Å².